The monoisotopic (exact) mass is 501 g/mol. The number of morpholine rings is 1. The van der Waals surface area contributed by atoms with E-state index in [9.17, 15) is 5.11 Å². The van der Waals surface area contributed by atoms with Gasteiger partial charge in [-0.3, -0.25) is 4.90 Å². The van der Waals surface area contributed by atoms with Crippen LogP contribution in [0.2, 0.25) is 0 Å². The molecule has 3 rings (SSSR count). The summed E-state index contributed by atoms with van der Waals surface area (Å²) < 4.78 is 12.2. The van der Waals surface area contributed by atoms with Crippen LogP contribution in [-0.4, -0.2) is 41.9 Å². The summed E-state index contributed by atoms with van der Waals surface area (Å²) in [5.74, 6) is 3.97. The van der Waals surface area contributed by atoms with Crippen LogP contribution in [0, 0.1) is 24.7 Å². The molecule has 1 N–H and O–H groups in total. The molecule has 1 aromatic carbocycles. The minimum absolute atomic E-state index is 0.102. The lowest BCUT2D eigenvalue weighted by atomic mass is 9.85. The Kier molecular flexibility index (Phi) is 11.4. The number of hydrogen-bond acceptors (Lipinski definition) is 4. The first-order valence-corrected chi connectivity index (χ1v) is 15.0. The van der Waals surface area contributed by atoms with Gasteiger partial charge in [0.15, 0.2) is 0 Å². The average molecular weight is 502 g/mol. The normalized spacial score (nSPS) is 22.3. The minimum Gasteiger partial charge on any atom is -0.508 e. The highest BCUT2D eigenvalue weighted by Gasteiger charge is 2.33. The number of aromatic hydroxyl groups is 1. The number of rotatable bonds is 14. The van der Waals surface area contributed by atoms with E-state index in [1.54, 1.807) is 0 Å². The molecule has 0 spiro atoms. The Bertz CT molecular complexity index is 801. The molecule has 0 radical (unpaired) electrons. The van der Waals surface area contributed by atoms with Gasteiger partial charge in [-0.25, -0.2) is 0 Å². The van der Waals surface area contributed by atoms with Gasteiger partial charge in [-0.05, 0) is 74.5 Å². The van der Waals surface area contributed by atoms with E-state index in [1.807, 2.05) is 6.07 Å². The molecule has 1 aromatic rings. The highest BCUT2D eigenvalue weighted by molar-refractivity contribution is 5.53. The largest absolute Gasteiger partial charge is 0.508 e. The average Bonchev–Trinajstić information content (AvgIpc) is 2.83. The second kappa shape index (κ2) is 14.0. The lowest BCUT2D eigenvalue weighted by Gasteiger charge is -2.38. The van der Waals surface area contributed by atoms with Crippen LogP contribution in [0.3, 0.4) is 0 Å². The lowest BCUT2D eigenvalue weighted by molar-refractivity contribution is 0.0332. The molecule has 0 unspecified atom stereocenters. The van der Waals surface area contributed by atoms with E-state index >= 15 is 0 Å². The Morgan fingerprint density at radius 2 is 1.56 bits per heavy atom. The fourth-order valence-electron chi connectivity index (χ4n) is 6.07. The molecule has 3 atom stereocenters. The van der Waals surface area contributed by atoms with Gasteiger partial charge < -0.3 is 14.6 Å². The summed E-state index contributed by atoms with van der Waals surface area (Å²) in [5.41, 5.74) is 3.21. The molecule has 0 amide bonds. The van der Waals surface area contributed by atoms with Crippen molar-refractivity contribution < 1.29 is 14.6 Å². The zero-order valence-electron chi connectivity index (χ0n) is 24.3. The summed E-state index contributed by atoms with van der Waals surface area (Å²) in [6.45, 7) is 18.1. The first-order chi connectivity index (χ1) is 17.2. The Morgan fingerprint density at radius 3 is 2.19 bits per heavy atom. The number of fused-ring (bicyclic) bond motifs is 1. The molecular weight excluding hydrogens is 446 g/mol. The Balaban J connectivity index is 1.44. The van der Waals surface area contributed by atoms with Crippen LogP contribution in [0.15, 0.2) is 6.07 Å². The maximum Gasteiger partial charge on any atom is 0.126 e. The zero-order valence-corrected chi connectivity index (χ0v) is 24.3. The van der Waals surface area contributed by atoms with Crippen LogP contribution >= 0.6 is 0 Å². The van der Waals surface area contributed by atoms with Crippen molar-refractivity contribution in [1.29, 1.82) is 0 Å². The molecular formula is C32H55NO3. The molecule has 0 saturated carbocycles. The van der Waals surface area contributed by atoms with Crippen molar-refractivity contribution >= 4 is 0 Å². The van der Waals surface area contributed by atoms with E-state index in [0.717, 1.165) is 86.7 Å². The van der Waals surface area contributed by atoms with E-state index in [-0.39, 0.29) is 5.60 Å². The SMILES string of the molecule is Cc1c(CN2CCOCC2)c(O)cc2c1O[C@](C)(CCC[C@H](C)CCC[C@H](C)CCCC(C)C)CC2. The molecule has 0 bridgehead atoms. The van der Waals surface area contributed by atoms with Gasteiger partial charge in [0.05, 0.1) is 13.2 Å². The molecule has 0 aliphatic carbocycles. The molecule has 2 aliphatic heterocycles. The minimum atomic E-state index is -0.102. The van der Waals surface area contributed by atoms with E-state index in [2.05, 4.69) is 46.4 Å². The predicted octanol–water partition coefficient (Wildman–Crippen LogP) is 8.06. The summed E-state index contributed by atoms with van der Waals surface area (Å²) in [5, 5.41) is 10.8. The molecule has 4 nitrogen and oxygen atoms in total. The third-order valence-corrected chi connectivity index (χ3v) is 8.74. The Morgan fingerprint density at radius 1 is 0.944 bits per heavy atom. The van der Waals surface area contributed by atoms with E-state index in [1.165, 1.54) is 56.9 Å². The van der Waals surface area contributed by atoms with Crippen LogP contribution in [0.25, 0.3) is 0 Å². The first-order valence-electron chi connectivity index (χ1n) is 15.0. The number of aryl methyl sites for hydroxylation is 1. The smallest absolute Gasteiger partial charge is 0.126 e. The van der Waals surface area contributed by atoms with E-state index < -0.39 is 0 Å². The van der Waals surface area contributed by atoms with Gasteiger partial charge in [-0.2, -0.15) is 0 Å². The van der Waals surface area contributed by atoms with Crippen molar-refractivity contribution in [2.75, 3.05) is 26.3 Å². The summed E-state index contributed by atoms with van der Waals surface area (Å²) in [4.78, 5) is 2.37. The van der Waals surface area contributed by atoms with Crippen molar-refractivity contribution in [1.82, 2.24) is 4.90 Å². The Labute approximate surface area is 222 Å². The van der Waals surface area contributed by atoms with Gasteiger partial charge in [0.1, 0.15) is 17.1 Å². The third-order valence-electron chi connectivity index (χ3n) is 8.74. The molecule has 1 fully saturated rings. The fourth-order valence-corrected chi connectivity index (χ4v) is 6.07. The van der Waals surface area contributed by atoms with Crippen LogP contribution < -0.4 is 4.74 Å². The zero-order chi connectivity index (χ0) is 26.1. The van der Waals surface area contributed by atoms with Crippen molar-refractivity contribution in [3.63, 3.8) is 0 Å². The van der Waals surface area contributed by atoms with Crippen LogP contribution in [0.1, 0.15) is 116 Å². The fraction of sp³-hybridized carbons (Fsp3) is 0.812. The number of phenolic OH excluding ortho intramolecular Hbond substituents is 1. The maximum absolute atomic E-state index is 10.8. The predicted molar refractivity (Wildman–Crippen MR) is 151 cm³/mol. The third kappa shape index (κ3) is 8.94. The molecule has 2 heterocycles. The van der Waals surface area contributed by atoms with Crippen molar-refractivity contribution in [3.8, 4) is 11.5 Å². The second-order valence-corrected chi connectivity index (χ2v) is 12.8. The quantitative estimate of drug-likeness (QED) is 0.280. The van der Waals surface area contributed by atoms with Gasteiger partial charge in [-0.1, -0.05) is 72.6 Å². The standard InChI is InChI=1S/C32H55NO3/c1-24(2)10-7-11-25(3)12-8-13-26(4)14-9-16-32(6)17-15-28-22-30(34)29(27(5)31(28)36-32)23-33-18-20-35-21-19-33/h22,24-26,34H,7-21,23H2,1-6H3/t25-,26-,32-/m1/s1. The number of nitrogens with zero attached hydrogens (tertiary/aromatic N) is 1. The van der Waals surface area contributed by atoms with Crippen LogP contribution in [0.5, 0.6) is 11.5 Å². The van der Waals surface area contributed by atoms with Crippen molar-refractivity contribution in [2.45, 2.75) is 124 Å². The van der Waals surface area contributed by atoms with Gasteiger partial charge in [0, 0.05) is 25.2 Å². The summed E-state index contributed by atoms with van der Waals surface area (Å²) >= 11 is 0. The number of hydrogen-bond donors (Lipinski definition) is 1. The van der Waals surface area contributed by atoms with Gasteiger partial charge in [0.2, 0.25) is 0 Å². The van der Waals surface area contributed by atoms with Gasteiger partial charge >= 0.3 is 0 Å². The highest BCUT2D eigenvalue weighted by Crippen LogP contribution is 2.42. The molecule has 2 aliphatic rings. The van der Waals surface area contributed by atoms with Crippen LogP contribution in [0.4, 0.5) is 0 Å². The number of phenols is 1. The maximum atomic E-state index is 10.8. The molecule has 0 aromatic heterocycles. The number of benzene rings is 1. The molecule has 1 saturated heterocycles. The topological polar surface area (TPSA) is 41.9 Å². The Hall–Kier alpha value is -1.26. The van der Waals surface area contributed by atoms with E-state index in [4.69, 9.17) is 9.47 Å². The van der Waals surface area contributed by atoms with Gasteiger partial charge in [-0.15, -0.1) is 0 Å². The first kappa shape index (κ1) is 29.3. The van der Waals surface area contributed by atoms with E-state index in [0.29, 0.717) is 5.75 Å². The van der Waals surface area contributed by atoms with Crippen molar-refractivity contribution in [3.05, 3.63) is 22.8 Å². The number of ether oxygens (including phenoxy) is 2. The summed E-state index contributed by atoms with van der Waals surface area (Å²) in [7, 11) is 0. The summed E-state index contributed by atoms with van der Waals surface area (Å²) in [6.07, 6.45) is 13.9. The lowest BCUT2D eigenvalue weighted by Crippen LogP contribution is -2.37. The summed E-state index contributed by atoms with van der Waals surface area (Å²) in [6, 6.07) is 1.96. The van der Waals surface area contributed by atoms with Crippen molar-refractivity contribution in [2.24, 2.45) is 17.8 Å². The highest BCUT2D eigenvalue weighted by atomic mass is 16.5. The van der Waals surface area contributed by atoms with Crippen LogP contribution in [-0.2, 0) is 17.7 Å². The van der Waals surface area contributed by atoms with Gasteiger partial charge in [0.25, 0.3) is 0 Å². The molecule has 206 valence electrons. The molecule has 36 heavy (non-hydrogen) atoms. The second-order valence-electron chi connectivity index (χ2n) is 12.8. The molecule has 4 heteroatoms.